The summed E-state index contributed by atoms with van der Waals surface area (Å²) < 4.78 is 45.9. The van der Waals surface area contributed by atoms with Gasteiger partial charge in [-0.2, -0.15) is 0 Å². The zero-order valence-corrected chi connectivity index (χ0v) is 13.1. The van der Waals surface area contributed by atoms with Crippen LogP contribution in [-0.2, 0) is 16.6 Å². The van der Waals surface area contributed by atoms with E-state index < -0.39 is 29.5 Å². The Hall–Kier alpha value is -1.59. The number of hydrogen-bond acceptors (Lipinski definition) is 5. The van der Waals surface area contributed by atoms with Gasteiger partial charge in [0.2, 0.25) is 0 Å². The van der Waals surface area contributed by atoms with Gasteiger partial charge in [0.1, 0.15) is 0 Å². The standard InChI is InChI=1S/C18H21NO4/c1-19-8-7-17-14-10-3-4-12(22-2)15(14)23-16(17)11(20)5-6-18(17,21)13(19)9-10/h3-4,13,16,21H,5-9H2,1-2H3/t13-,16?,17+,18-/m1/s1/i3D,4D,9D2. The van der Waals surface area contributed by atoms with E-state index in [1.165, 1.54) is 7.11 Å². The van der Waals surface area contributed by atoms with Crippen molar-refractivity contribution in [3.8, 4) is 11.5 Å². The van der Waals surface area contributed by atoms with E-state index in [0.717, 1.165) is 0 Å². The molecule has 2 aliphatic heterocycles. The number of rotatable bonds is 1. The van der Waals surface area contributed by atoms with E-state index in [-0.39, 0.29) is 47.8 Å². The minimum Gasteiger partial charge on any atom is -0.493 e. The van der Waals surface area contributed by atoms with Crippen molar-refractivity contribution in [1.82, 2.24) is 4.90 Å². The Morgan fingerprint density at radius 3 is 3.13 bits per heavy atom. The molecule has 5 heteroatoms. The first-order valence-electron chi connectivity index (χ1n) is 9.97. The normalized spacial score (nSPS) is 45.3. The zero-order valence-electron chi connectivity index (χ0n) is 17.1. The van der Waals surface area contributed by atoms with Gasteiger partial charge in [0, 0.05) is 20.8 Å². The number of Topliss-reactive ketones (excluding diaryl/α,β-unsaturated/α-hetero) is 1. The molecule has 2 fully saturated rings. The smallest absolute Gasteiger partial charge is 0.174 e. The number of likely N-dealkylation sites (N-methyl/N-ethyl adjacent to an activating group) is 1. The summed E-state index contributed by atoms with van der Waals surface area (Å²) in [5.74, 6) is 0.0533. The number of ether oxygens (including phenoxy) is 2. The van der Waals surface area contributed by atoms with Gasteiger partial charge in [0.25, 0.3) is 0 Å². The maximum Gasteiger partial charge on any atom is 0.174 e. The van der Waals surface area contributed by atoms with Gasteiger partial charge in [-0.15, -0.1) is 0 Å². The molecule has 1 saturated heterocycles. The third-order valence-corrected chi connectivity index (χ3v) is 6.17. The van der Waals surface area contributed by atoms with Crippen LogP contribution in [0.15, 0.2) is 12.1 Å². The predicted molar refractivity (Wildman–Crippen MR) is 83.0 cm³/mol. The molecule has 5 rings (SSSR count). The zero-order chi connectivity index (χ0) is 19.5. The highest BCUT2D eigenvalue weighted by molar-refractivity contribution is 5.90. The van der Waals surface area contributed by atoms with E-state index >= 15 is 0 Å². The second kappa shape index (κ2) is 4.08. The lowest BCUT2D eigenvalue weighted by molar-refractivity contribution is -0.185. The third-order valence-electron chi connectivity index (χ3n) is 6.17. The van der Waals surface area contributed by atoms with Crippen molar-refractivity contribution < 1.29 is 24.9 Å². The highest BCUT2D eigenvalue weighted by atomic mass is 16.5. The summed E-state index contributed by atoms with van der Waals surface area (Å²) in [5, 5.41) is 11.9. The fourth-order valence-electron chi connectivity index (χ4n) is 5.12. The number of carbonyl (C=O) groups excluding carboxylic acids is 1. The Bertz CT molecular complexity index is 906. The van der Waals surface area contributed by atoms with Gasteiger partial charge in [0.15, 0.2) is 23.4 Å². The molecule has 122 valence electrons. The van der Waals surface area contributed by atoms with E-state index in [4.69, 9.17) is 15.0 Å². The lowest BCUT2D eigenvalue weighted by Gasteiger charge is -2.62. The summed E-state index contributed by atoms with van der Waals surface area (Å²) in [6, 6.07) is -1.45. The molecule has 4 atom stereocenters. The Morgan fingerprint density at radius 1 is 1.52 bits per heavy atom. The lowest BCUT2D eigenvalue weighted by Crippen LogP contribution is -2.76. The number of benzene rings is 1. The summed E-state index contributed by atoms with van der Waals surface area (Å²) in [5.41, 5.74) is -2.18. The van der Waals surface area contributed by atoms with Gasteiger partial charge in [-0.05, 0) is 44.4 Å². The molecule has 1 aromatic rings. The number of methoxy groups -OCH3 is 1. The first kappa shape index (κ1) is 10.3. The maximum absolute atomic E-state index is 12.8. The van der Waals surface area contributed by atoms with Crippen LogP contribution in [0, 0.1) is 0 Å². The van der Waals surface area contributed by atoms with Crippen LogP contribution < -0.4 is 9.47 Å². The first-order valence-corrected chi connectivity index (χ1v) is 7.97. The number of aliphatic hydroxyl groups is 1. The van der Waals surface area contributed by atoms with Gasteiger partial charge in [-0.1, -0.05) is 6.04 Å². The van der Waals surface area contributed by atoms with Gasteiger partial charge >= 0.3 is 0 Å². The van der Waals surface area contributed by atoms with Crippen LogP contribution in [0.1, 0.15) is 35.9 Å². The average Bonchev–Trinajstić information content (AvgIpc) is 2.93. The van der Waals surface area contributed by atoms with Crippen molar-refractivity contribution in [2.24, 2.45) is 0 Å². The van der Waals surface area contributed by atoms with Crippen LogP contribution in [0.5, 0.6) is 11.5 Å². The van der Waals surface area contributed by atoms with E-state index in [1.807, 2.05) is 0 Å². The van der Waals surface area contributed by atoms with Gasteiger partial charge in [-0.25, -0.2) is 0 Å². The van der Waals surface area contributed by atoms with E-state index in [1.54, 1.807) is 11.9 Å². The highest BCUT2D eigenvalue weighted by Crippen LogP contribution is 2.64. The molecule has 4 aliphatic rings. The molecule has 1 N–H and O–H groups in total. The molecule has 1 spiro atoms. The minimum absolute atomic E-state index is 0.0332. The number of likely N-dealkylation sites (tertiary alicyclic amines) is 1. The third kappa shape index (κ3) is 1.32. The molecule has 0 amide bonds. The van der Waals surface area contributed by atoms with Crippen LogP contribution in [0.4, 0.5) is 0 Å². The highest BCUT2D eigenvalue weighted by Gasteiger charge is 2.72. The quantitative estimate of drug-likeness (QED) is 0.838. The van der Waals surface area contributed by atoms with Crippen molar-refractivity contribution in [2.45, 2.75) is 48.8 Å². The molecule has 5 nitrogen and oxygen atoms in total. The van der Waals surface area contributed by atoms with Crippen LogP contribution >= 0.6 is 0 Å². The largest absolute Gasteiger partial charge is 0.493 e. The van der Waals surface area contributed by atoms with Crippen molar-refractivity contribution in [3.63, 3.8) is 0 Å². The summed E-state index contributed by atoms with van der Waals surface area (Å²) in [6.45, 7) is 0.497. The Balaban J connectivity index is 1.98. The molecule has 23 heavy (non-hydrogen) atoms. The fraction of sp³-hybridized carbons (Fsp3) is 0.611. The average molecular weight is 319 g/mol. The van der Waals surface area contributed by atoms with Crippen LogP contribution in [0.25, 0.3) is 0 Å². The van der Waals surface area contributed by atoms with Crippen LogP contribution in [0.2, 0.25) is 0 Å². The SMILES string of the molecule is [2H]c1c([2H])c2c3c(c1OC)OC1C(=O)CC[C@@]4(O)[C@H](N(C)CC[C@]314)C2([2H])[2H]. The van der Waals surface area contributed by atoms with Crippen molar-refractivity contribution in [2.75, 3.05) is 20.7 Å². The van der Waals surface area contributed by atoms with Crippen molar-refractivity contribution in [3.05, 3.63) is 23.2 Å². The molecule has 0 aromatic heterocycles. The predicted octanol–water partition coefficient (Wildman–Crippen LogP) is 1.05. The molecule has 2 aliphatic carbocycles. The topological polar surface area (TPSA) is 59.0 Å². The molecule has 2 heterocycles. The fourth-order valence-corrected chi connectivity index (χ4v) is 5.12. The van der Waals surface area contributed by atoms with E-state index in [2.05, 4.69) is 0 Å². The molecule has 1 unspecified atom stereocenters. The second-order valence-corrected chi connectivity index (χ2v) is 7.00. The Labute approximate surface area is 140 Å². The number of ketones is 1. The number of nitrogens with zero attached hydrogens (tertiary/aromatic N) is 1. The van der Waals surface area contributed by atoms with Gasteiger partial charge < -0.3 is 19.5 Å². The van der Waals surface area contributed by atoms with E-state index in [9.17, 15) is 9.90 Å². The van der Waals surface area contributed by atoms with Gasteiger partial charge in [0.05, 0.1) is 20.9 Å². The number of piperidine rings is 1. The lowest BCUT2D eigenvalue weighted by atomic mass is 9.49. The van der Waals surface area contributed by atoms with E-state index in [0.29, 0.717) is 18.5 Å². The van der Waals surface area contributed by atoms with Crippen molar-refractivity contribution in [1.29, 1.82) is 0 Å². The molecule has 0 radical (unpaired) electrons. The molecule has 1 saturated carbocycles. The minimum atomic E-state index is -2.07. The van der Waals surface area contributed by atoms with Crippen molar-refractivity contribution >= 4 is 5.78 Å². The molecular formula is C18H21NO4. The molecular weight excluding hydrogens is 294 g/mol. The number of hydrogen-bond donors (Lipinski definition) is 1. The first-order chi connectivity index (χ1) is 12.6. The van der Waals surface area contributed by atoms with Gasteiger partial charge in [-0.3, -0.25) is 4.79 Å². The number of carbonyl (C=O) groups is 1. The molecule has 2 bridgehead atoms. The monoisotopic (exact) mass is 319 g/mol. The Morgan fingerprint density at radius 2 is 2.35 bits per heavy atom. The Kier molecular flexibility index (Phi) is 1.83. The van der Waals surface area contributed by atoms with Crippen LogP contribution in [-0.4, -0.2) is 54.2 Å². The summed E-state index contributed by atoms with van der Waals surface area (Å²) in [7, 11) is 3.12. The second-order valence-electron chi connectivity index (χ2n) is 7.00. The molecule has 1 aromatic carbocycles. The summed E-state index contributed by atoms with van der Waals surface area (Å²) >= 11 is 0. The summed E-state index contributed by atoms with van der Waals surface area (Å²) in [6.07, 6.45) is -2.33. The van der Waals surface area contributed by atoms with Crippen LogP contribution in [0.3, 0.4) is 0 Å². The summed E-state index contributed by atoms with van der Waals surface area (Å²) in [4.78, 5) is 14.6. The maximum atomic E-state index is 12.8.